The molecule has 4 nitrogen and oxygen atoms in total. The molecule has 2 heterocycles. The van der Waals surface area contributed by atoms with Gasteiger partial charge in [0.1, 0.15) is 6.26 Å². The Bertz CT molecular complexity index is 360. The van der Waals surface area contributed by atoms with Crippen molar-refractivity contribution in [3.8, 4) is 0 Å². The molecule has 0 saturated carbocycles. The van der Waals surface area contributed by atoms with Crippen LogP contribution in [-0.4, -0.2) is 16.1 Å². The van der Waals surface area contributed by atoms with E-state index in [1.807, 2.05) is 0 Å². The Morgan fingerprint density at radius 2 is 2.60 bits per heavy atom. The van der Waals surface area contributed by atoms with E-state index in [0.717, 1.165) is 0 Å². The second-order valence-corrected chi connectivity index (χ2v) is 1.83. The highest BCUT2D eigenvalue weighted by Gasteiger charge is 2.00. The highest BCUT2D eigenvalue weighted by atomic mass is 16.3. The maximum atomic E-state index is 4.96. The Morgan fingerprint density at radius 3 is 3.40 bits per heavy atom. The van der Waals surface area contributed by atoms with Crippen LogP contribution in [0.5, 0.6) is 0 Å². The minimum atomic E-state index is 0.544. The zero-order valence-corrected chi connectivity index (χ0v) is 5.19. The highest BCUT2D eigenvalue weighted by molar-refractivity contribution is 5.44. The van der Waals surface area contributed by atoms with Crippen LogP contribution in [0.4, 0.5) is 5.82 Å². The molecule has 50 valence electrons. The van der Waals surface area contributed by atoms with Crippen LogP contribution in [0.15, 0.2) is 28.1 Å². The molecule has 2 rings (SSSR count). The van der Waals surface area contributed by atoms with E-state index < -0.39 is 0 Å². The van der Waals surface area contributed by atoms with Gasteiger partial charge in [-0.05, 0) is 6.72 Å². The van der Waals surface area contributed by atoms with Gasteiger partial charge in [-0.15, -0.1) is 0 Å². The van der Waals surface area contributed by atoms with Crippen LogP contribution < -0.4 is 0 Å². The lowest BCUT2D eigenvalue weighted by Gasteiger charge is -1.81. The molecule has 0 radical (unpaired) electrons. The van der Waals surface area contributed by atoms with E-state index in [-0.39, 0.29) is 0 Å². The summed E-state index contributed by atoms with van der Waals surface area (Å²) in [6, 6.07) is 0. The summed E-state index contributed by atoms with van der Waals surface area (Å²) in [7, 11) is 0. The standard InChI is InChI=1S/C6H5N3O/c1-7-5-4-8-6-9(5)2-3-10-6/h2-4H,1H2. The summed E-state index contributed by atoms with van der Waals surface area (Å²) in [4.78, 5) is 7.63. The summed E-state index contributed by atoms with van der Waals surface area (Å²) in [6.45, 7) is 3.38. The van der Waals surface area contributed by atoms with E-state index in [2.05, 4.69) is 16.7 Å². The van der Waals surface area contributed by atoms with Crippen LogP contribution in [0.3, 0.4) is 0 Å². The fraction of sp³-hybridized carbons (Fsp3) is 0. The minimum Gasteiger partial charge on any atom is -0.432 e. The van der Waals surface area contributed by atoms with Gasteiger partial charge in [0, 0.05) is 0 Å². The van der Waals surface area contributed by atoms with E-state index in [1.54, 1.807) is 23.1 Å². The number of rotatable bonds is 1. The summed E-state index contributed by atoms with van der Waals surface area (Å²) < 4.78 is 6.68. The molecule has 0 bridgehead atoms. The first-order chi connectivity index (χ1) is 4.92. The molecule has 0 unspecified atom stereocenters. The van der Waals surface area contributed by atoms with Crippen LogP contribution >= 0.6 is 0 Å². The maximum absolute atomic E-state index is 4.96. The Balaban J connectivity index is 2.88. The Kier molecular flexibility index (Phi) is 0.887. The van der Waals surface area contributed by atoms with Crippen molar-refractivity contribution in [2.24, 2.45) is 4.99 Å². The molecule has 0 fully saturated rings. The van der Waals surface area contributed by atoms with Gasteiger partial charge in [-0.1, -0.05) is 0 Å². The first-order valence-electron chi connectivity index (χ1n) is 2.79. The lowest BCUT2D eigenvalue weighted by molar-refractivity contribution is 0.596. The first-order valence-corrected chi connectivity index (χ1v) is 2.79. The van der Waals surface area contributed by atoms with E-state index in [1.165, 1.54) is 0 Å². The summed E-state index contributed by atoms with van der Waals surface area (Å²) in [5, 5.41) is 0. The highest BCUT2D eigenvalue weighted by Crippen LogP contribution is 2.13. The molecule has 0 aliphatic carbocycles. The molecule has 0 aromatic carbocycles. The van der Waals surface area contributed by atoms with E-state index in [4.69, 9.17) is 4.42 Å². The van der Waals surface area contributed by atoms with Gasteiger partial charge < -0.3 is 4.42 Å². The van der Waals surface area contributed by atoms with Crippen LogP contribution in [0.2, 0.25) is 0 Å². The predicted octanol–water partition coefficient (Wildman–Crippen LogP) is 1.26. The topological polar surface area (TPSA) is 42.8 Å². The van der Waals surface area contributed by atoms with Crippen molar-refractivity contribution >= 4 is 18.4 Å². The van der Waals surface area contributed by atoms with E-state index in [9.17, 15) is 0 Å². The lowest BCUT2D eigenvalue weighted by Crippen LogP contribution is -1.71. The average Bonchev–Trinajstić information content (AvgIpc) is 2.44. The van der Waals surface area contributed by atoms with E-state index in [0.29, 0.717) is 11.7 Å². The van der Waals surface area contributed by atoms with Crippen molar-refractivity contribution in [2.75, 3.05) is 0 Å². The van der Waals surface area contributed by atoms with Gasteiger partial charge in [0.2, 0.25) is 0 Å². The van der Waals surface area contributed by atoms with Crippen molar-refractivity contribution in [1.29, 1.82) is 0 Å². The monoisotopic (exact) mass is 135 g/mol. The van der Waals surface area contributed by atoms with Gasteiger partial charge in [0.25, 0.3) is 0 Å². The van der Waals surface area contributed by atoms with Crippen molar-refractivity contribution in [3.63, 3.8) is 0 Å². The van der Waals surface area contributed by atoms with Gasteiger partial charge in [-0.25, -0.2) is 9.98 Å². The SMILES string of the molecule is C=Nc1cnc2occn12. The number of fused-ring (bicyclic) bond motifs is 1. The lowest BCUT2D eigenvalue weighted by atomic mass is 10.7. The molecular formula is C6H5N3O. The molecule has 0 saturated heterocycles. The van der Waals surface area contributed by atoms with Crippen molar-refractivity contribution in [1.82, 2.24) is 9.38 Å². The van der Waals surface area contributed by atoms with Gasteiger partial charge in [0.05, 0.1) is 12.4 Å². The molecule has 0 N–H and O–H groups in total. The minimum absolute atomic E-state index is 0.544. The van der Waals surface area contributed by atoms with Crippen LogP contribution in [0.25, 0.3) is 5.84 Å². The maximum Gasteiger partial charge on any atom is 0.307 e. The average molecular weight is 135 g/mol. The summed E-state index contributed by atoms with van der Waals surface area (Å²) >= 11 is 0. The molecule has 0 aliphatic heterocycles. The molecule has 2 aromatic rings. The van der Waals surface area contributed by atoms with Crippen LogP contribution in [0, 0.1) is 0 Å². The van der Waals surface area contributed by atoms with Gasteiger partial charge in [-0.3, -0.25) is 4.40 Å². The number of nitrogens with zero attached hydrogens (tertiary/aromatic N) is 3. The molecule has 0 amide bonds. The molecule has 0 atom stereocenters. The van der Waals surface area contributed by atoms with Crippen molar-refractivity contribution < 1.29 is 4.42 Å². The summed E-state index contributed by atoms with van der Waals surface area (Å²) in [5.41, 5.74) is 0. The molecule has 10 heavy (non-hydrogen) atoms. The van der Waals surface area contributed by atoms with Crippen LogP contribution in [-0.2, 0) is 0 Å². The van der Waals surface area contributed by atoms with Gasteiger partial charge in [0.15, 0.2) is 5.82 Å². The second kappa shape index (κ2) is 1.70. The van der Waals surface area contributed by atoms with Crippen molar-refractivity contribution in [2.45, 2.75) is 0 Å². The van der Waals surface area contributed by atoms with Crippen molar-refractivity contribution in [3.05, 3.63) is 18.7 Å². The molecule has 0 spiro atoms. The number of oxazole rings is 1. The molecule has 0 aliphatic rings. The third-order valence-electron chi connectivity index (χ3n) is 1.29. The quantitative estimate of drug-likeness (QED) is 0.552. The zero-order valence-electron chi connectivity index (χ0n) is 5.19. The van der Waals surface area contributed by atoms with E-state index >= 15 is 0 Å². The van der Waals surface area contributed by atoms with Crippen LogP contribution in [0.1, 0.15) is 0 Å². The first kappa shape index (κ1) is 5.22. The largest absolute Gasteiger partial charge is 0.432 e. The normalized spacial score (nSPS) is 10.4. The van der Waals surface area contributed by atoms with Gasteiger partial charge >= 0.3 is 5.84 Å². The smallest absolute Gasteiger partial charge is 0.307 e. The fourth-order valence-electron chi connectivity index (χ4n) is 0.832. The zero-order chi connectivity index (χ0) is 6.97. The number of imidazole rings is 1. The number of aromatic nitrogens is 2. The fourth-order valence-corrected chi connectivity index (χ4v) is 0.832. The molecular weight excluding hydrogens is 130 g/mol. The second-order valence-electron chi connectivity index (χ2n) is 1.83. The Morgan fingerprint density at radius 1 is 1.70 bits per heavy atom. The number of aliphatic imine (C=N–C) groups is 1. The Labute approximate surface area is 56.8 Å². The number of hydrogen-bond donors (Lipinski definition) is 0. The summed E-state index contributed by atoms with van der Waals surface area (Å²) in [6.07, 6.45) is 4.90. The summed E-state index contributed by atoms with van der Waals surface area (Å²) in [5.74, 6) is 1.24. The molecule has 2 aromatic heterocycles. The number of hydrogen-bond acceptors (Lipinski definition) is 3. The Hall–Kier alpha value is -1.58. The molecule has 4 heteroatoms. The van der Waals surface area contributed by atoms with Gasteiger partial charge in [-0.2, -0.15) is 0 Å². The third kappa shape index (κ3) is 0.500. The third-order valence-corrected chi connectivity index (χ3v) is 1.29. The predicted molar refractivity (Wildman–Crippen MR) is 36.7 cm³/mol.